The number of hydrogen-bond acceptors (Lipinski definition) is 3. The Hall–Kier alpha value is -1.14. The summed E-state index contributed by atoms with van der Waals surface area (Å²) in [5.74, 6) is -1.74. The monoisotopic (exact) mass is 317 g/mol. The molecule has 1 aliphatic heterocycles. The SMILES string of the molecule is O=C(O)c1ccc(NC2CCCOC2)c(F)c1Br. The van der Waals surface area contributed by atoms with Crippen LogP contribution in [0.3, 0.4) is 0 Å². The third kappa shape index (κ3) is 2.81. The Morgan fingerprint density at radius 1 is 1.56 bits per heavy atom. The molecular formula is C12H13BrFNO3. The molecular weight excluding hydrogens is 305 g/mol. The zero-order valence-electron chi connectivity index (χ0n) is 9.58. The molecule has 2 rings (SSSR count). The Morgan fingerprint density at radius 3 is 2.94 bits per heavy atom. The van der Waals surface area contributed by atoms with Crippen molar-refractivity contribution in [3.8, 4) is 0 Å². The van der Waals surface area contributed by atoms with E-state index in [0.717, 1.165) is 19.4 Å². The van der Waals surface area contributed by atoms with Gasteiger partial charge in [-0.2, -0.15) is 0 Å². The summed E-state index contributed by atoms with van der Waals surface area (Å²) >= 11 is 2.97. The Balaban J connectivity index is 2.18. The first-order valence-corrected chi connectivity index (χ1v) is 6.44. The van der Waals surface area contributed by atoms with Gasteiger partial charge in [-0.05, 0) is 40.9 Å². The van der Waals surface area contributed by atoms with Crippen molar-refractivity contribution in [3.05, 3.63) is 28.0 Å². The molecule has 4 nitrogen and oxygen atoms in total. The van der Waals surface area contributed by atoms with Gasteiger partial charge in [-0.15, -0.1) is 0 Å². The largest absolute Gasteiger partial charge is 0.478 e. The fourth-order valence-corrected chi connectivity index (χ4v) is 2.42. The first kappa shape index (κ1) is 13.3. The van der Waals surface area contributed by atoms with Crippen molar-refractivity contribution in [2.24, 2.45) is 0 Å². The molecule has 0 amide bonds. The molecule has 0 saturated carbocycles. The fraction of sp³-hybridized carbons (Fsp3) is 0.417. The predicted octanol–water partition coefficient (Wildman–Crippen LogP) is 2.88. The van der Waals surface area contributed by atoms with E-state index in [2.05, 4.69) is 21.2 Å². The minimum Gasteiger partial charge on any atom is -0.478 e. The van der Waals surface area contributed by atoms with Gasteiger partial charge in [0.1, 0.15) is 0 Å². The number of anilines is 1. The van der Waals surface area contributed by atoms with E-state index in [4.69, 9.17) is 9.84 Å². The van der Waals surface area contributed by atoms with Crippen LogP contribution in [0, 0.1) is 5.82 Å². The molecule has 1 atom stereocenters. The van der Waals surface area contributed by atoms with Gasteiger partial charge in [-0.1, -0.05) is 0 Å². The molecule has 18 heavy (non-hydrogen) atoms. The van der Waals surface area contributed by atoms with Gasteiger partial charge in [0.25, 0.3) is 0 Å². The summed E-state index contributed by atoms with van der Waals surface area (Å²) in [6.07, 6.45) is 1.85. The zero-order valence-corrected chi connectivity index (χ0v) is 11.2. The van der Waals surface area contributed by atoms with Crippen molar-refractivity contribution < 1.29 is 19.0 Å². The van der Waals surface area contributed by atoms with E-state index in [1.807, 2.05) is 0 Å². The second-order valence-electron chi connectivity index (χ2n) is 4.15. The Kier molecular flexibility index (Phi) is 4.19. The van der Waals surface area contributed by atoms with E-state index in [-0.39, 0.29) is 16.1 Å². The summed E-state index contributed by atoms with van der Waals surface area (Å²) in [5.41, 5.74) is 0.209. The van der Waals surface area contributed by atoms with Crippen LogP contribution in [-0.2, 0) is 4.74 Å². The van der Waals surface area contributed by atoms with E-state index in [1.54, 1.807) is 0 Å². The number of benzene rings is 1. The molecule has 98 valence electrons. The van der Waals surface area contributed by atoms with E-state index < -0.39 is 11.8 Å². The fourth-order valence-electron chi connectivity index (χ4n) is 1.90. The van der Waals surface area contributed by atoms with Crippen LogP contribution in [0.5, 0.6) is 0 Å². The van der Waals surface area contributed by atoms with Crippen molar-refractivity contribution in [2.75, 3.05) is 18.5 Å². The highest BCUT2D eigenvalue weighted by molar-refractivity contribution is 9.10. The Labute approximate surface area is 112 Å². The predicted molar refractivity (Wildman–Crippen MR) is 68.5 cm³/mol. The van der Waals surface area contributed by atoms with Gasteiger partial charge in [0.2, 0.25) is 0 Å². The highest BCUT2D eigenvalue weighted by atomic mass is 79.9. The normalized spacial score (nSPS) is 19.6. The van der Waals surface area contributed by atoms with Gasteiger partial charge in [0, 0.05) is 12.6 Å². The molecule has 0 bridgehead atoms. The lowest BCUT2D eigenvalue weighted by Crippen LogP contribution is -2.30. The first-order chi connectivity index (χ1) is 8.59. The molecule has 1 aromatic carbocycles. The zero-order chi connectivity index (χ0) is 13.1. The highest BCUT2D eigenvalue weighted by Gasteiger charge is 2.19. The summed E-state index contributed by atoms with van der Waals surface area (Å²) in [5, 5.41) is 11.9. The van der Waals surface area contributed by atoms with Crippen molar-refractivity contribution in [3.63, 3.8) is 0 Å². The lowest BCUT2D eigenvalue weighted by Gasteiger charge is -2.24. The van der Waals surface area contributed by atoms with Crippen molar-refractivity contribution in [2.45, 2.75) is 18.9 Å². The number of ether oxygens (including phenoxy) is 1. The van der Waals surface area contributed by atoms with Gasteiger partial charge >= 0.3 is 5.97 Å². The number of rotatable bonds is 3. The number of hydrogen-bond donors (Lipinski definition) is 2. The van der Waals surface area contributed by atoms with Crippen LogP contribution < -0.4 is 5.32 Å². The average molecular weight is 318 g/mol. The second-order valence-corrected chi connectivity index (χ2v) is 4.95. The number of aromatic carboxylic acids is 1. The maximum absolute atomic E-state index is 14.0. The van der Waals surface area contributed by atoms with Crippen LogP contribution in [0.4, 0.5) is 10.1 Å². The molecule has 1 fully saturated rings. The van der Waals surface area contributed by atoms with Crippen molar-refractivity contribution in [1.82, 2.24) is 0 Å². The summed E-state index contributed by atoms with van der Waals surface area (Å²) in [6.45, 7) is 1.28. The molecule has 6 heteroatoms. The maximum Gasteiger partial charge on any atom is 0.336 e. The molecule has 1 aliphatic rings. The minimum atomic E-state index is -1.16. The number of nitrogens with one attached hydrogen (secondary N) is 1. The highest BCUT2D eigenvalue weighted by Crippen LogP contribution is 2.28. The van der Waals surface area contributed by atoms with E-state index in [9.17, 15) is 9.18 Å². The Morgan fingerprint density at radius 2 is 2.33 bits per heavy atom. The van der Waals surface area contributed by atoms with E-state index in [0.29, 0.717) is 12.3 Å². The van der Waals surface area contributed by atoms with Gasteiger partial charge in [0.05, 0.1) is 22.3 Å². The lowest BCUT2D eigenvalue weighted by molar-refractivity contribution is 0.0695. The molecule has 0 radical (unpaired) electrons. The molecule has 1 saturated heterocycles. The molecule has 1 heterocycles. The topological polar surface area (TPSA) is 58.6 Å². The lowest BCUT2D eigenvalue weighted by atomic mass is 10.1. The molecule has 0 spiro atoms. The number of halogens is 2. The standard InChI is InChI=1S/C12H13BrFNO3/c13-10-8(12(16)17)3-4-9(11(10)14)15-7-2-1-5-18-6-7/h3-4,7,15H,1-2,5-6H2,(H,16,17). The molecule has 0 aromatic heterocycles. The van der Waals surface area contributed by atoms with Gasteiger partial charge in [-0.25, -0.2) is 9.18 Å². The molecule has 0 aliphatic carbocycles. The molecule has 1 unspecified atom stereocenters. The first-order valence-electron chi connectivity index (χ1n) is 5.65. The van der Waals surface area contributed by atoms with Crippen molar-refractivity contribution in [1.29, 1.82) is 0 Å². The van der Waals surface area contributed by atoms with Crippen LogP contribution in [0.25, 0.3) is 0 Å². The second kappa shape index (κ2) is 5.67. The quantitative estimate of drug-likeness (QED) is 0.900. The van der Waals surface area contributed by atoms with Crippen LogP contribution in [-0.4, -0.2) is 30.3 Å². The van der Waals surface area contributed by atoms with Gasteiger partial charge in [-0.3, -0.25) is 0 Å². The maximum atomic E-state index is 14.0. The van der Waals surface area contributed by atoms with Crippen LogP contribution in [0.1, 0.15) is 23.2 Å². The van der Waals surface area contributed by atoms with Crippen LogP contribution in [0.2, 0.25) is 0 Å². The van der Waals surface area contributed by atoms with Crippen LogP contribution >= 0.6 is 15.9 Å². The number of carboxylic acids is 1. The summed E-state index contributed by atoms with van der Waals surface area (Å²) in [7, 11) is 0. The van der Waals surface area contributed by atoms with E-state index >= 15 is 0 Å². The minimum absolute atomic E-state index is 0.0308. The van der Waals surface area contributed by atoms with Gasteiger partial charge < -0.3 is 15.2 Å². The summed E-state index contributed by atoms with van der Waals surface area (Å²) < 4.78 is 19.2. The summed E-state index contributed by atoms with van der Waals surface area (Å²) in [4.78, 5) is 10.8. The number of carbonyl (C=O) groups is 1. The van der Waals surface area contributed by atoms with Crippen molar-refractivity contribution >= 4 is 27.6 Å². The molecule has 1 aromatic rings. The average Bonchev–Trinajstić information content (AvgIpc) is 2.36. The van der Waals surface area contributed by atoms with E-state index in [1.165, 1.54) is 12.1 Å². The molecule has 2 N–H and O–H groups in total. The van der Waals surface area contributed by atoms with Crippen LogP contribution in [0.15, 0.2) is 16.6 Å². The Bertz CT molecular complexity index is 461. The third-order valence-electron chi connectivity index (χ3n) is 2.83. The summed E-state index contributed by atoms with van der Waals surface area (Å²) in [6, 6.07) is 2.88. The number of carboxylic acid groups (broad SMARTS) is 1. The van der Waals surface area contributed by atoms with Gasteiger partial charge in [0.15, 0.2) is 5.82 Å². The smallest absolute Gasteiger partial charge is 0.336 e. The third-order valence-corrected chi connectivity index (χ3v) is 3.61.